The van der Waals surface area contributed by atoms with Crippen LogP contribution in [0.3, 0.4) is 0 Å². The van der Waals surface area contributed by atoms with E-state index in [0.717, 1.165) is 35.7 Å². The van der Waals surface area contributed by atoms with E-state index in [2.05, 4.69) is 25.9 Å². The predicted molar refractivity (Wildman–Crippen MR) is 113 cm³/mol. The Hall–Kier alpha value is -2.69. The van der Waals surface area contributed by atoms with Crippen LogP contribution in [0.25, 0.3) is 0 Å². The van der Waals surface area contributed by atoms with E-state index in [-0.39, 0.29) is 28.3 Å². The quantitative estimate of drug-likeness (QED) is 0.611. The first kappa shape index (κ1) is 19.3. The normalized spacial score (nSPS) is 24.8. The predicted octanol–water partition coefficient (Wildman–Crippen LogP) is 5.46. The number of fused-ring (bicyclic) bond motifs is 5. The fourth-order valence-electron chi connectivity index (χ4n) is 5.94. The van der Waals surface area contributed by atoms with Crippen molar-refractivity contribution in [2.24, 2.45) is 5.41 Å². The molecule has 0 aliphatic heterocycles. The van der Waals surface area contributed by atoms with Crippen molar-refractivity contribution in [3.63, 3.8) is 0 Å². The number of nitrogens with zero attached hydrogens (tertiary/aromatic N) is 1. The lowest BCUT2D eigenvalue weighted by Crippen LogP contribution is -2.35. The third kappa shape index (κ3) is 2.50. The van der Waals surface area contributed by atoms with Gasteiger partial charge in [-0.2, -0.15) is 0 Å². The summed E-state index contributed by atoms with van der Waals surface area (Å²) in [4.78, 5) is 13.1. The topological polar surface area (TPSA) is 37.8 Å². The van der Waals surface area contributed by atoms with Crippen LogP contribution in [0.4, 0.5) is 8.78 Å². The summed E-state index contributed by atoms with van der Waals surface area (Å²) in [5.74, 6) is -0.911. The summed E-state index contributed by atoms with van der Waals surface area (Å²) in [6.45, 7) is 6.76. The highest BCUT2D eigenvalue weighted by molar-refractivity contribution is 5.45. The van der Waals surface area contributed by atoms with Crippen LogP contribution in [0.15, 0.2) is 53.3 Å². The lowest BCUT2D eigenvalue weighted by atomic mass is 9.70. The molecule has 2 aliphatic carbocycles. The smallest absolute Gasteiger partial charge is 0.267 e. The highest BCUT2D eigenvalue weighted by Crippen LogP contribution is 2.67. The van der Waals surface area contributed by atoms with Gasteiger partial charge < -0.3 is 0 Å². The summed E-state index contributed by atoms with van der Waals surface area (Å²) in [7, 11) is 0. The lowest BCUT2D eigenvalue weighted by molar-refractivity contribution is 0.215. The average molecular weight is 408 g/mol. The summed E-state index contributed by atoms with van der Waals surface area (Å²) in [6, 6.07) is 13.3. The van der Waals surface area contributed by atoms with E-state index in [1.807, 2.05) is 35.0 Å². The summed E-state index contributed by atoms with van der Waals surface area (Å²) < 4.78 is 30.0. The first-order valence-corrected chi connectivity index (χ1v) is 10.6. The third-order valence-electron chi connectivity index (χ3n) is 7.98. The van der Waals surface area contributed by atoms with Gasteiger partial charge in [0, 0.05) is 23.5 Å². The molecular formula is C25H26F2N2O. The minimum atomic E-state index is -0.589. The molecule has 30 heavy (non-hydrogen) atoms. The maximum absolute atomic E-state index is 14.5. The van der Waals surface area contributed by atoms with Crippen LogP contribution in [-0.4, -0.2) is 9.78 Å². The molecule has 5 heteroatoms. The molecule has 1 aromatic heterocycles. The van der Waals surface area contributed by atoms with Crippen molar-refractivity contribution in [2.45, 2.75) is 57.4 Å². The number of halogens is 2. The van der Waals surface area contributed by atoms with Gasteiger partial charge >= 0.3 is 0 Å². The van der Waals surface area contributed by atoms with Crippen molar-refractivity contribution >= 4 is 0 Å². The van der Waals surface area contributed by atoms with Gasteiger partial charge in [-0.25, -0.2) is 8.78 Å². The van der Waals surface area contributed by atoms with Gasteiger partial charge in [0.05, 0.1) is 11.7 Å². The Kier molecular flexibility index (Phi) is 4.12. The molecule has 1 N–H and O–H groups in total. The molecule has 2 bridgehead atoms. The SMILES string of the molecule is CC1(C)[C@@H]2CC[C@@]1(C)c1c2c(=O)[nH]n1C(Cc1ccc(F)cc1F)c1ccccc1. The van der Waals surface area contributed by atoms with Gasteiger partial charge in [-0.3, -0.25) is 14.6 Å². The molecule has 1 fully saturated rings. The van der Waals surface area contributed by atoms with E-state index in [1.165, 1.54) is 12.1 Å². The highest BCUT2D eigenvalue weighted by Gasteiger charge is 2.62. The third-order valence-corrected chi connectivity index (χ3v) is 7.98. The molecule has 2 aliphatic rings. The van der Waals surface area contributed by atoms with Crippen molar-refractivity contribution < 1.29 is 8.78 Å². The zero-order chi connectivity index (χ0) is 21.3. The summed E-state index contributed by atoms with van der Waals surface area (Å²) in [6.07, 6.45) is 2.38. The second-order valence-corrected chi connectivity index (χ2v) is 9.58. The lowest BCUT2D eigenvalue weighted by Gasteiger charge is -2.37. The molecule has 0 amide bonds. The van der Waals surface area contributed by atoms with Crippen LogP contribution in [0.2, 0.25) is 0 Å². The van der Waals surface area contributed by atoms with E-state index in [9.17, 15) is 13.6 Å². The average Bonchev–Trinajstić information content (AvgIpc) is 3.23. The standard InChI is InChI=1S/C25H26F2N2O/c1-24(2)18-11-12-25(24,3)22-21(18)23(30)28-29(22)20(15-7-5-4-6-8-15)13-16-9-10-17(26)14-19(16)27/h4-10,14,18,20H,11-13H2,1-3H3,(H,28,30)/t18-,20?,25+/m1/s1. The summed E-state index contributed by atoms with van der Waals surface area (Å²) >= 11 is 0. The minimum absolute atomic E-state index is 0.00393. The van der Waals surface area contributed by atoms with Crippen LogP contribution in [-0.2, 0) is 11.8 Å². The van der Waals surface area contributed by atoms with E-state index in [0.29, 0.717) is 12.0 Å². The van der Waals surface area contributed by atoms with Gasteiger partial charge in [0.25, 0.3) is 5.56 Å². The Balaban J connectivity index is 1.69. The molecular weight excluding hydrogens is 382 g/mol. The Morgan fingerprint density at radius 3 is 2.57 bits per heavy atom. The van der Waals surface area contributed by atoms with Crippen LogP contribution >= 0.6 is 0 Å². The monoisotopic (exact) mass is 408 g/mol. The van der Waals surface area contributed by atoms with Gasteiger partial charge in [-0.15, -0.1) is 0 Å². The van der Waals surface area contributed by atoms with E-state index in [4.69, 9.17) is 0 Å². The highest BCUT2D eigenvalue weighted by atomic mass is 19.1. The zero-order valence-electron chi connectivity index (χ0n) is 17.5. The summed E-state index contributed by atoms with van der Waals surface area (Å²) in [5, 5.41) is 3.09. The molecule has 0 spiro atoms. The van der Waals surface area contributed by atoms with Crippen molar-refractivity contribution in [3.8, 4) is 0 Å². The maximum atomic E-state index is 14.5. The number of aromatic nitrogens is 2. The number of rotatable bonds is 4. The number of hydrogen-bond donors (Lipinski definition) is 1. The van der Waals surface area contributed by atoms with Crippen molar-refractivity contribution in [3.05, 3.63) is 92.9 Å². The van der Waals surface area contributed by atoms with E-state index >= 15 is 0 Å². The van der Waals surface area contributed by atoms with Crippen molar-refractivity contribution in [1.82, 2.24) is 9.78 Å². The molecule has 5 rings (SSSR count). The zero-order valence-corrected chi connectivity index (χ0v) is 17.5. The van der Waals surface area contributed by atoms with E-state index < -0.39 is 11.6 Å². The molecule has 3 atom stereocenters. The van der Waals surface area contributed by atoms with Crippen molar-refractivity contribution in [1.29, 1.82) is 0 Å². The molecule has 1 heterocycles. The molecule has 156 valence electrons. The Morgan fingerprint density at radius 2 is 1.87 bits per heavy atom. The van der Waals surface area contributed by atoms with Crippen LogP contribution in [0.1, 0.15) is 68.0 Å². The second kappa shape index (κ2) is 6.40. The maximum Gasteiger partial charge on any atom is 0.267 e. The first-order valence-electron chi connectivity index (χ1n) is 10.6. The van der Waals surface area contributed by atoms with Crippen molar-refractivity contribution in [2.75, 3.05) is 0 Å². The molecule has 1 unspecified atom stereocenters. The molecule has 3 nitrogen and oxygen atoms in total. The fourth-order valence-corrected chi connectivity index (χ4v) is 5.94. The Bertz CT molecular complexity index is 1180. The van der Waals surface area contributed by atoms with Gasteiger partial charge in [0.15, 0.2) is 0 Å². The first-order chi connectivity index (χ1) is 14.2. The van der Waals surface area contributed by atoms with Gasteiger partial charge in [0.2, 0.25) is 0 Å². The molecule has 1 saturated carbocycles. The second-order valence-electron chi connectivity index (χ2n) is 9.58. The van der Waals surface area contributed by atoms with Gasteiger partial charge in [-0.05, 0) is 41.4 Å². The Morgan fingerprint density at radius 1 is 1.13 bits per heavy atom. The minimum Gasteiger partial charge on any atom is -0.280 e. The molecule has 3 aromatic rings. The number of aromatic amines is 1. The number of hydrogen-bond acceptors (Lipinski definition) is 1. The largest absolute Gasteiger partial charge is 0.280 e. The van der Waals surface area contributed by atoms with E-state index in [1.54, 1.807) is 0 Å². The van der Waals surface area contributed by atoms with Crippen LogP contribution < -0.4 is 5.56 Å². The van der Waals surface area contributed by atoms with Gasteiger partial charge in [-0.1, -0.05) is 57.2 Å². The molecule has 2 aromatic carbocycles. The molecule has 0 radical (unpaired) electrons. The molecule has 0 saturated heterocycles. The fraction of sp³-hybridized carbons (Fsp3) is 0.400. The van der Waals surface area contributed by atoms with Crippen LogP contribution in [0.5, 0.6) is 0 Å². The Labute approximate surface area is 174 Å². The number of H-pyrrole nitrogens is 1. The van der Waals surface area contributed by atoms with Crippen LogP contribution in [0, 0.1) is 17.0 Å². The van der Waals surface area contributed by atoms with Gasteiger partial charge in [0.1, 0.15) is 11.6 Å². The number of benzene rings is 2. The number of nitrogens with one attached hydrogen (secondary N) is 1. The summed E-state index contributed by atoms with van der Waals surface area (Å²) in [5.41, 5.74) is 3.21.